The summed E-state index contributed by atoms with van der Waals surface area (Å²) in [5.74, 6) is 1.10. The van der Waals surface area contributed by atoms with Crippen molar-refractivity contribution in [3.63, 3.8) is 0 Å². The molecule has 20 heavy (non-hydrogen) atoms. The summed E-state index contributed by atoms with van der Waals surface area (Å²) in [7, 11) is -2.24. The summed E-state index contributed by atoms with van der Waals surface area (Å²) >= 11 is 0. The van der Waals surface area contributed by atoms with Crippen molar-refractivity contribution in [1.82, 2.24) is 0 Å². The molecule has 0 saturated carbocycles. The average molecular weight is 306 g/mol. The SMILES string of the molecule is CCCCC(CC)CC(OP(O)O)C(CC)CCCC. The van der Waals surface area contributed by atoms with E-state index in [1.54, 1.807) is 0 Å². The molecular formula is C16H35O3P. The molecule has 0 saturated heterocycles. The minimum Gasteiger partial charge on any atom is -0.328 e. The fraction of sp³-hybridized carbons (Fsp3) is 1.00. The zero-order valence-corrected chi connectivity index (χ0v) is 14.7. The van der Waals surface area contributed by atoms with Crippen molar-refractivity contribution in [3.05, 3.63) is 0 Å². The molecule has 0 aliphatic carbocycles. The smallest absolute Gasteiger partial charge is 0.327 e. The fourth-order valence-electron chi connectivity index (χ4n) is 2.87. The van der Waals surface area contributed by atoms with Gasteiger partial charge in [-0.3, -0.25) is 0 Å². The van der Waals surface area contributed by atoms with E-state index in [2.05, 4.69) is 27.7 Å². The minimum absolute atomic E-state index is 0.00877. The van der Waals surface area contributed by atoms with Crippen LogP contribution in [0.4, 0.5) is 0 Å². The molecule has 4 heteroatoms. The molecule has 0 fully saturated rings. The molecule has 3 nitrogen and oxygen atoms in total. The first kappa shape index (κ1) is 20.3. The van der Waals surface area contributed by atoms with Crippen LogP contribution in [0.3, 0.4) is 0 Å². The van der Waals surface area contributed by atoms with Gasteiger partial charge in [-0.25, -0.2) is 0 Å². The van der Waals surface area contributed by atoms with E-state index in [9.17, 15) is 9.79 Å². The number of rotatable bonds is 13. The maximum atomic E-state index is 9.25. The van der Waals surface area contributed by atoms with Gasteiger partial charge in [0.2, 0.25) is 0 Å². The Morgan fingerprint density at radius 1 is 0.900 bits per heavy atom. The maximum Gasteiger partial charge on any atom is 0.327 e. The molecular weight excluding hydrogens is 271 g/mol. The van der Waals surface area contributed by atoms with Gasteiger partial charge >= 0.3 is 8.60 Å². The predicted octanol–water partition coefficient (Wildman–Crippen LogP) is 5.41. The van der Waals surface area contributed by atoms with Gasteiger partial charge in [-0.2, -0.15) is 0 Å². The predicted molar refractivity (Wildman–Crippen MR) is 87.5 cm³/mol. The molecule has 0 spiro atoms. The second-order valence-electron chi connectivity index (χ2n) is 5.86. The lowest BCUT2D eigenvalue weighted by Crippen LogP contribution is -2.25. The molecule has 0 aromatic carbocycles. The zero-order chi connectivity index (χ0) is 15.4. The quantitative estimate of drug-likeness (QED) is 0.447. The Morgan fingerprint density at radius 2 is 1.50 bits per heavy atom. The van der Waals surface area contributed by atoms with E-state index in [4.69, 9.17) is 4.52 Å². The highest BCUT2D eigenvalue weighted by atomic mass is 31.2. The van der Waals surface area contributed by atoms with Crippen LogP contribution in [0.5, 0.6) is 0 Å². The highest BCUT2D eigenvalue weighted by Crippen LogP contribution is 2.36. The second-order valence-corrected chi connectivity index (χ2v) is 6.58. The highest BCUT2D eigenvalue weighted by Gasteiger charge is 2.26. The lowest BCUT2D eigenvalue weighted by atomic mass is 9.85. The zero-order valence-electron chi connectivity index (χ0n) is 13.8. The monoisotopic (exact) mass is 306 g/mol. The van der Waals surface area contributed by atoms with Crippen molar-refractivity contribution in [3.8, 4) is 0 Å². The summed E-state index contributed by atoms with van der Waals surface area (Å²) in [6.45, 7) is 8.83. The van der Waals surface area contributed by atoms with E-state index >= 15 is 0 Å². The van der Waals surface area contributed by atoms with Crippen LogP contribution in [-0.2, 0) is 4.52 Å². The van der Waals surface area contributed by atoms with Crippen LogP contribution in [0, 0.1) is 11.8 Å². The standard InChI is InChI=1S/C16H35O3P/c1-5-9-11-14(7-3)13-16(19-20(17)18)15(8-4)12-10-6-2/h14-18H,5-13H2,1-4H3. The summed E-state index contributed by atoms with van der Waals surface area (Å²) in [6, 6.07) is 0. The molecule has 3 atom stereocenters. The lowest BCUT2D eigenvalue weighted by molar-refractivity contribution is 0.0798. The van der Waals surface area contributed by atoms with E-state index in [0.717, 1.165) is 25.7 Å². The van der Waals surface area contributed by atoms with E-state index in [1.165, 1.54) is 32.1 Å². The van der Waals surface area contributed by atoms with Gasteiger partial charge in [-0.15, -0.1) is 0 Å². The van der Waals surface area contributed by atoms with Crippen molar-refractivity contribution >= 4 is 8.60 Å². The van der Waals surface area contributed by atoms with Gasteiger partial charge in [0.25, 0.3) is 0 Å². The molecule has 0 aliphatic heterocycles. The van der Waals surface area contributed by atoms with Gasteiger partial charge in [0.15, 0.2) is 0 Å². The molecule has 0 amide bonds. The Balaban J connectivity index is 4.56. The van der Waals surface area contributed by atoms with Crippen molar-refractivity contribution in [1.29, 1.82) is 0 Å². The molecule has 0 aromatic heterocycles. The first-order valence-corrected chi connectivity index (χ1v) is 9.59. The number of unbranched alkanes of at least 4 members (excludes halogenated alkanes) is 2. The minimum atomic E-state index is -2.24. The summed E-state index contributed by atoms with van der Waals surface area (Å²) < 4.78 is 5.49. The van der Waals surface area contributed by atoms with E-state index in [0.29, 0.717) is 11.8 Å². The second kappa shape index (κ2) is 13.0. The summed E-state index contributed by atoms with van der Waals surface area (Å²) in [6.07, 6.45) is 10.4. The number of hydrogen-bond donors (Lipinski definition) is 2. The van der Waals surface area contributed by atoms with Crippen LogP contribution in [0.15, 0.2) is 0 Å². The van der Waals surface area contributed by atoms with Gasteiger partial charge in [-0.05, 0) is 24.7 Å². The van der Waals surface area contributed by atoms with Crippen molar-refractivity contribution < 1.29 is 14.3 Å². The highest BCUT2D eigenvalue weighted by molar-refractivity contribution is 7.39. The molecule has 3 unspecified atom stereocenters. The van der Waals surface area contributed by atoms with Crippen LogP contribution >= 0.6 is 8.60 Å². The van der Waals surface area contributed by atoms with Crippen LogP contribution in [0.1, 0.15) is 85.5 Å². The Morgan fingerprint density at radius 3 is 1.95 bits per heavy atom. The van der Waals surface area contributed by atoms with Crippen molar-refractivity contribution in [2.45, 2.75) is 91.6 Å². The third-order valence-electron chi connectivity index (χ3n) is 4.32. The first-order chi connectivity index (χ1) is 9.58. The molecule has 0 heterocycles. The molecule has 0 radical (unpaired) electrons. The Kier molecular flexibility index (Phi) is 13.2. The largest absolute Gasteiger partial charge is 0.328 e. The maximum absolute atomic E-state index is 9.25. The molecule has 0 aliphatic rings. The third-order valence-corrected chi connectivity index (χ3v) is 4.78. The van der Waals surface area contributed by atoms with Crippen molar-refractivity contribution in [2.75, 3.05) is 0 Å². The normalized spacial score (nSPS) is 16.4. The first-order valence-electron chi connectivity index (χ1n) is 8.43. The Hall–Kier alpha value is 0.310. The van der Waals surface area contributed by atoms with Gasteiger partial charge in [-0.1, -0.05) is 72.6 Å². The van der Waals surface area contributed by atoms with E-state index in [1.807, 2.05) is 0 Å². The van der Waals surface area contributed by atoms with Gasteiger partial charge in [0, 0.05) is 0 Å². The third kappa shape index (κ3) is 9.28. The van der Waals surface area contributed by atoms with Crippen LogP contribution < -0.4 is 0 Å². The van der Waals surface area contributed by atoms with Crippen molar-refractivity contribution in [2.24, 2.45) is 11.8 Å². The fourth-order valence-corrected chi connectivity index (χ4v) is 3.37. The van der Waals surface area contributed by atoms with Crippen LogP contribution in [0.2, 0.25) is 0 Å². The van der Waals surface area contributed by atoms with E-state index in [-0.39, 0.29) is 6.10 Å². The Bertz CT molecular complexity index is 212. The summed E-state index contributed by atoms with van der Waals surface area (Å²) in [5.41, 5.74) is 0. The van der Waals surface area contributed by atoms with Gasteiger partial charge in [0.1, 0.15) is 0 Å². The summed E-state index contributed by atoms with van der Waals surface area (Å²) in [4.78, 5) is 18.5. The number of hydrogen-bond acceptors (Lipinski definition) is 3. The van der Waals surface area contributed by atoms with Gasteiger partial charge in [0.05, 0.1) is 6.10 Å². The van der Waals surface area contributed by atoms with Gasteiger partial charge < -0.3 is 14.3 Å². The average Bonchev–Trinajstić information content (AvgIpc) is 2.43. The molecule has 122 valence electrons. The Labute approximate surface area is 127 Å². The summed E-state index contributed by atoms with van der Waals surface area (Å²) in [5, 5.41) is 0. The molecule has 2 N–H and O–H groups in total. The molecule has 0 rings (SSSR count). The van der Waals surface area contributed by atoms with Crippen LogP contribution in [0.25, 0.3) is 0 Å². The molecule has 0 aromatic rings. The topological polar surface area (TPSA) is 49.7 Å². The van der Waals surface area contributed by atoms with Crippen LogP contribution in [-0.4, -0.2) is 15.9 Å². The van der Waals surface area contributed by atoms with E-state index < -0.39 is 8.60 Å². The molecule has 0 bridgehead atoms. The lowest BCUT2D eigenvalue weighted by Gasteiger charge is -2.29.